The summed E-state index contributed by atoms with van der Waals surface area (Å²) in [5.74, 6) is -0.141. The van der Waals surface area contributed by atoms with E-state index in [2.05, 4.69) is 52.2 Å². The number of ketones is 1. The van der Waals surface area contributed by atoms with E-state index in [1.807, 2.05) is 31.2 Å². The van der Waals surface area contributed by atoms with Crippen LogP contribution >= 0.6 is 0 Å². The summed E-state index contributed by atoms with van der Waals surface area (Å²) in [4.78, 5) is 32.4. The van der Waals surface area contributed by atoms with E-state index in [9.17, 15) is 9.59 Å². The summed E-state index contributed by atoms with van der Waals surface area (Å²) in [5, 5.41) is 12.3. The number of aliphatic imine (C=N–C) groups is 1. The molecule has 184 valence electrons. The molecule has 0 atom stereocenters. The Bertz CT molecular complexity index is 1100. The Morgan fingerprint density at radius 2 is 1.74 bits per heavy atom. The lowest BCUT2D eigenvalue weighted by molar-refractivity contribution is -0.113. The number of benzene rings is 1. The maximum Gasteiger partial charge on any atom is 0.335 e. The molecular formula is C28H34N4O3. The Morgan fingerprint density at radius 1 is 1.03 bits per heavy atom. The zero-order valence-corrected chi connectivity index (χ0v) is 20.7. The molecule has 0 amide bonds. The molecule has 2 aliphatic rings. The lowest BCUT2D eigenvalue weighted by Crippen LogP contribution is -2.48. The van der Waals surface area contributed by atoms with Crippen LogP contribution in [0.1, 0.15) is 37.6 Å². The molecule has 0 unspecified atom stereocenters. The van der Waals surface area contributed by atoms with Gasteiger partial charge in [0.15, 0.2) is 5.78 Å². The lowest BCUT2D eigenvalue weighted by atomic mass is 10.1. The van der Waals surface area contributed by atoms with E-state index in [1.165, 1.54) is 17.2 Å². The van der Waals surface area contributed by atoms with Crippen molar-refractivity contribution < 1.29 is 14.7 Å². The molecule has 0 saturated carbocycles. The molecule has 1 fully saturated rings. The zero-order valence-electron chi connectivity index (χ0n) is 20.7. The van der Waals surface area contributed by atoms with Crippen LogP contribution in [0.5, 0.6) is 0 Å². The van der Waals surface area contributed by atoms with Gasteiger partial charge in [-0.05, 0) is 69.2 Å². The van der Waals surface area contributed by atoms with E-state index >= 15 is 0 Å². The van der Waals surface area contributed by atoms with E-state index in [0.29, 0.717) is 0 Å². The fourth-order valence-electron chi connectivity index (χ4n) is 3.89. The number of rotatable bonds is 8. The molecule has 1 aromatic carbocycles. The van der Waals surface area contributed by atoms with Crippen molar-refractivity contribution in [2.24, 2.45) is 4.99 Å². The van der Waals surface area contributed by atoms with Crippen molar-refractivity contribution in [1.29, 1.82) is 0 Å². The first-order valence-corrected chi connectivity index (χ1v) is 11.9. The average Bonchev–Trinajstić information content (AvgIpc) is 3.02. The molecule has 2 N–H and O–H groups in total. The molecule has 1 aliphatic carbocycles. The fraction of sp³-hybridized carbons (Fsp3) is 0.321. The number of anilines is 1. The smallest absolute Gasteiger partial charge is 0.335 e. The Hall–Kier alpha value is -3.87. The largest absolute Gasteiger partial charge is 0.478 e. The average molecular weight is 475 g/mol. The standard InChI is InChI=1S/C28H34N4O3/c1-4-6-27(29-14-13-26(33)20-30-24-8-5-7-21(2)22(3)19-24)32-17-15-31(16-18-32)25-11-9-23(10-12-25)28(34)35/h4,6-14,19,30H,5,15-18,20H2,1-3H3,(H,34,35)/b6-4-,14-13+,29-27+. The number of carbonyl (C=O) groups excluding carboxylic acids is 1. The number of carboxylic acid groups (broad SMARTS) is 1. The van der Waals surface area contributed by atoms with Gasteiger partial charge in [-0.25, -0.2) is 9.79 Å². The molecular weight excluding hydrogens is 440 g/mol. The number of nitrogens with zero attached hydrogens (tertiary/aromatic N) is 3. The molecule has 1 heterocycles. The van der Waals surface area contributed by atoms with E-state index in [-0.39, 0.29) is 17.9 Å². The number of amidine groups is 1. The SMILES string of the molecule is C\C=C/C(=N\C=C\C(=O)CNC1=CCC=C(C)C(C)=C1)N1CCN(c2ccc(C(=O)O)cc2)CC1. The zero-order chi connectivity index (χ0) is 25.2. The lowest BCUT2D eigenvalue weighted by Gasteiger charge is -2.37. The monoisotopic (exact) mass is 474 g/mol. The number of carboxylic acids is 1. The molecule has 1 aliphatic heterocycles. The second-order valence-corrected chi connectivity index (χ2v) is 8.56. The third-order valence-corrected chi connectivity index (χ3v) is 6.09. The number of hydrogen-bond acceptors (Lipinski definition) is 5. The highest BCUT2D eigenvalue weighted by Gasteiger charge is 2.19. The molecule has 1 aromatic rings. The van der Waals surface area contributed by atoms with E-state index in [4.69, 9.17) is 5.11 Å². The number of aromatic carboxylic acids is 1. The van der Waals surface area contributed by atoms with Gasteiger partial charge in [0.1, 0.15) is 5.84 Å². The number of allylic oxidation sites excluding steroid dienone is 6. The number of hydrogen-bond donors (Lipinski definition) is 2. The van der Waals surface area contributed by atoms with E-state index < -0.39 is 5.97 Å². The van der Waals surface area contributed by atoms with Gasteiger partial charge in [-0.15, -0.1) is 0 Å². The highest BCUT2D eigenvalue weighted by atomic mass is 16.4. The maximum absolute atomic E-state index is 12.3. The van der Waals surface area contributed by atoms with Gasteiger partial charge in [-0.3, -0.25) is 4.79 Å². The molecule has 0 spiro atoms. The predicted octanol–water partition coefficient (Wildman–Crippen LogP) is 4.33. The second kappa shape index (κ2) is 12.6. The van der Waals surface area contributed by atoms with Crippen molar-refractivity contribution in [1.82, 2.24) is 10.2 Å². The first-order valence-electron chi connectivity index (χ1n) is 11.9. The van der Waals surface area contributed by atoms with Crippen LogP contribution in [-0.4, -0.2) is 60.3 Å². The fourth-order valence-corrected chi connectivity index (χ4v) is 3.89. The summed E-state index contributed by atoms with van der Waals surface area (Å²) in [6, 6.07) is 6.97. The van der Waals surface area contributed by atoms with Crippen molar-refractivity contribution in [2.45, 2.75) is 27.2 Å². The van der Waals surface area contributed by atoms with Gasteiger partial charge in [0.05, 0.1) is 12.1 Å². The summed E-state index contributed by atoms with van der Waals surface area (Å²) < 4.78 is 0. The van der Waals surface area contributed by atoms with Crippen molar-refractivity contribution in [3.8, 4) is 0 Å². The Balaban J connectivity index is 1.53. The van der Waals surface area contributed by atoms with Crippen molar-refractivity contribution >= 4 is 23.3 Å². The highest BCUT2D eigenvalue weighted by Crippen LogP contribution is 2.18. The molecule has 7 nitrogen and oxygen atoms in total. The van der Waals surface area contributed by atoms with Gasteiger partial charge in [0.2, 0.25) is 0 Å². The Kier molecular flexibility index (Phi) is 9.23. The maximum atomic E-state index is 12.3. The molecule has 1 saturated heterocycles. The van der Waals surface area contributed by atoms with Gasteiger partial charge < -0.3 is 20.2 Å². The first-order chi connectivity index (χ1) is 16.9. The molecule has 7 heteroatoms. The minimum absolute atomic E-state index is 0.0379. The topological polar surface area (TPSA) is 85.2 Å². The highest BCUT2D eigenvalue weighted by molar-refractivity contribution is 5.95. The van der Waals surface area contributed by atoms with Gasteiger partial charge in [0, 0.05) is 49.8 Å². The predicted molar refractivity (Wildman–Crippen MR) is 142 cm³/mol. The van der Waals surface area contributed by atoms with Crippen molar-refractivity contribution in [2.75, 3.05) is 37.6 Å². The third kappa shape index (κ3) is 7.57. The van der Waals surface area contributed by atoms with Gasteiger partial charge >= 0.3 is 5.97 Å². The minimum atomic E-state index is -0.920. The van der Waals surface area contributed by atoms with Crippen LogP contribution in [0.2, 0.25) is 0 Å². The number of piperazine rings is 1. The Morgan fingerprint density at radius 3 is 2.40 bits per heavy atom. The summed E-state index contributed by atoms with van der Waals surface area (Å²) in [6.45, 7) is 9.48. The van der Waals surface area contributed by atoms with Gasteiger partial charge in [0.25, 0.3) is 0 Å². The van der Waals surface area contributed by atoms with Crippen LogP contribution in [0, 0.1) is 0 Å². The third-order valence-electron chi connectivity index (χ3n) is 6.09. The summed E-state index contributed by atoms with van der Waals surface area (Å²) in [6.07, 6.45) is 14.1. The minimum Gasteiger partial charge on any atom is -0.478 e. The van der Waals surface area contributed by atoms with Crippen LogP contribution in [0.25, 0.3) is 0 Å². The van der Waals surface area contributed by atoms with Crippen molar-refractivity contribution in [3.63, 3.8) is 0 Å². The molecule has 3 rings (SSSR count). The van der Waals surface area contributed by atoms with Crippen LogP contribution in [-0.2, 0) is 4.79 Å². The molecule has 0 bridgehead atoms. The Labute approximate surface area is 207 Å². The van der Waals surface area contributed by atoms with E-state index in [0.717, 1.165) is 49.8 Å². The van der Waals surface area contributed by atoms with Crippen LogP contribution in [0.3, 0.4) is 0 Å². The van der Waals surface area contributed by atoms with E-state index in [1.54, 1.807) is 18.3 Å². The van der Waals surface area contributed by atoms with Gasteiger partial charge in [-0.1, -0.05) is 23.8 Å². The van der Waals surface area contributed by atoms with Gasteiger partial charge in [-0.2, -0.15) is 0 Å². The molecule has 0 aromatic heterocycles. The van der Waals surface area contributed by atoms with Crippen LogP contribution < -0.4 is 10.2 Å². The second-order valence-electron chi connectivity index (χ2n) is 8.56. The molecule has 0 radical (unpaired) electrons. The summed E-state index contributed by atoms with van der Waals surface area (Å²) >= 11 is 0. The normalized spacial score (nSPS) is 17.2. The summed E-state index contributed by atoms with van der Waals surface area (Å²) in [7, 11) is 0. The molecule has 35 heavy (non-hydrogen) atoms. The number of carbonyl (C=O) groups is 2. The van der Waals surface area contributed by atoms with Crippen LogP contribution in [0.4, 0.5) is 5.69 Å². The number of nitrogens with one attached hydrogen (secondary N) is 1. The summed E-state index contributed by atoms with van der Waals surface area (Å²) in [5.41, 5.74) is 4.72. The van der Waals surface area contributed by atoms with Crippen LogP contribution in [0.15, 0.2) is 88.8 Å². The quantitative estimate of drug-likeness (QED) is 0.331. The first kappa shape index (κ1) is 25.7. The van der Waals surface area contributed by atoms with Crippen molar-refractivity contribution in [3.05, 3.63) is 89.3 Å².